The molecule has 1 aromatic carbocycles. The molecule has 0 amide bonds. The monoisotopic (exact) mass is 271 g/mol. The summed E-state index contributed by atoms with van der Waals surface area (Å²) in [5.41, 5.74) is -0.279. The molecule has 19 heavy (non-hydrogen) atoms. The Bertz CT molecular complexity index is 437. The van der Waals surface area contributed by atoms with Crippen LogP contribution < -0.4 is 10.2 Å². The van der Waals surface area contributed by atoms with Gasteiger partial charge in [-0.05, 0) is 50.7 Å². The topological polar surface area (TPSA) is 9.23 Å². The smallest absolute Gasteiger partial charge is 0.490 e. The van der Waals surface area contributed by atoms with Gasteiger partial charge in [0.25, 0.3) is 0 Å². The molecular weight excluding hydrogens is 252 g/mol. The zero-order chi connectivity index (χ0) is 14.0. The highest BCUT2D eigenvalue weighted by Gasteiger charge is 2.27. The number of aryl methyl sites for hydroxylation is 1. The molecule has 0 spiro atoms. The standard InChI is InChI=1S/C14H19BF3O/c1-10-3-5-12(6-4-10)19-13-7-8-14(11(2)9-13)15(16,17)18/h7-10,12H,3-6H2,1-2H3/q-1. The quantitative estimate of drug-likeness (QED) is 0.755. The van der Waals surface area contributed by atoms with Crippen LogP contribution in [0.1, 0.15) is 38.2 Å². The average Bonchev–Trinajstić information content (AvgIpc) is 2.30. The fourth-order valence-corrected chi connectivity index (χ4v) is 2.63. The van der Waals surface area contributed by atoms with Gasteiger partial charge in [0.05, 0.1) is 6.10 Å². The average molecular weight is 271 g/mol. The van der Waals surface area contributed by atoms with Crippen LogP contribution in [0.4, 0.5) is 12.9 Å². The minimum atomic E-state index is -4.93. The lowest BCUT2D eigenvalue weighted by atomic mass is 9.77. The maximum absolute atomic E-state index is 12.7. The molecule has 2 rings (SSSR count). The first-order chi connectivity index (χ1) is 8.86. The molecule has 0 heterocycles. The molecule has 0 aromatic heterocycles. The third-order valence-electron chi connectivity index (χ3n) is 3.86. The lowest BCUT2D eigenvalue weighted by molar-refractivity contribution is 0.135. The molecule has 1 fully saturated rings. The molecule has 5 heteroatoms. The predicted molar refractivity (Wildman–Crippen MR) is 71.9 cm³/mol. The van der Waals surface area contributed by atoms with Crippen molar-refractivity contribution in [2.45, 2.75) is 45.6 Å². The third-order valence-corrected chi connectivity index (χ3v) is 3.86. The van der Waals surface area contributed by atoms with Gasteiger partial charge >= 0.3 is 6.98 Å². The first-order valence-corrected chi connectivity index (χ1v) is 6.83. The Balaban J connectivity index is 2.04. The highest BCUT2D eigenvalue weighted by atomic mass is 19.4. The van der Waals surface area contributed by atoms with E-state index < -0.39 is 12.4 Å². The molecule has 1 nitrogen and oxygen atoms in total. The van der Waals surface area contributed by atoms with Crippen LogP contribution in [0.25, 0.3) is 0 Å². The van der Waals surface area contributed by atoms with E-state index in [1.807, 2.05) is 0 Å². The van der Waals surface area contributed by atoms with Crippen molar-refractivity contribution in [3.05, 3.63) is 23.8 Å². The van der Waals surface area contributed by atoms with Crippen LogP contribution in [0, 0.1) is 12.8 Å². The van der Waals surface area contributed by atoms with Gasteiger partial charge < -0.3 is 17.7 Å². The zero-order valence-electron chi connectivity index (χ0n) is 11.3. The second-order valence-electron chi connectivity index (χ2n) is 5.59. The molecule has 1 aliphatic carbocycles. The molecule has 0 saturated heterocycles. The van der Waals surface area contributed by atoms with E-state index in [1.165, 1.54) is 19.1 Å². The van der Waals surface area contributed by atoms with Crippen molar-refractivity contribution in [2.24, 2.45) is 5.92 Å². The maximum Gasteiger partial charge on any atom is 0.509 e. The third kappa shape index (κ3) is 3.67. The lowest BCUT2D eigenvalue weighted by Crippen LogP contribution is -2.36. The van der Waals surface area contributed by atoms with Gasteiger partial charge in [0.15, 0.2) is 0 Å². The Kier molecular flexibility index (Phi) is 4.12. The maximum atomic E-state index is 12.7. The molecule has 0 atom stereocenters. The van der Waals surface area contributed by atoms with Crippen LogP contribution in [-0.2, 0) is 0 Å². The Morgan fingerprint density at radius 3 is 2.26 bits per heavy atom. The number of hydrogen-bond donors (Lipinski definition) is 0. The molecule has 0 unspecified atom stereocenters. The van der Waals surface area contributed by atoms with Crippen molar-refractivity contribution in [2.75, 3.05) is 0 Å². The minimum Gasteiger partial charge on any atom is -0.490 e. The van der Waals surface area contributed by atoms with E-state index in [4.69, 9.17) is 4.74 Å². The Hall–Kier alpha value is -1.13. The van der Waals surface area contributed by atoms with Crippen molar-refractivity contribution < 1.29 is 17.7 Å². The summed E-state index contributed by atoms with van der Waals surface area (Å²) in [6.07, 6.45) is 4.40. The summed E-state index contributed by atoms with van der Waals surface area (Å²) in [7, 11) is 0. The zero-order valence-corrected chi connectivity index (χ0v) is 11.3. The summed E-state index contributed by atoms with van der Waals surface area (Å²) in [5.74, 6) is 1.29. The number of rotatable bonds is 3. The molecule has 1 aromatic rings. The minimum absolute atomic E-state index is 0.151. The highest BCUT2D eigenvalue weighted by molar-refractivity contribution is 6.74. The number of benzene rings is 1. The molecule has 1 saturated carbocycles. The number of halogens is 3. The van der Waals surface area contributed by atoms with Crippen LogP contribution in [0.2, 0.25) is 0 Å². The van der Waals surface area contributed by atoms with Gasteiger partial charge in [-0.3, -0.25) is 0 Å². The van der Waals surface area contributed by atoms with Crippen molar-refractivity contribution in [3.63, 3.8) is 0 Å². The second-order valence-corrected chi connectivity index (χ2v) is 5.59. The van der Waals surface area contributed by atoms with Gasteiger partial charge in [-0.25, -0.2) is 0 Å². The molecule has 0 aliphatic heterocycles. The summed E-state index contributed by atoms with van der Waals surface area (Å²) in [5, 5.41) is 0. The van der Waals surface area contributed by atoms with Crippen molar-refractivity contribution in [1.29, 1.82) is 0 Å². The summed E-state index contributed by atoms with van der Waals surface area (Å²) in [6, 6.07) is 4.08. The molecule has 1 aliphatic rings. The Morgan fingerprint density at radius 2 is 1.74 bits per heavy atom. The first-order valence-electron chi connectivity index (χ1n) is 6.83. The second kappa shape index (κ2) is 5.47. The van der Waals surface area contributed by atoms with E-state index in [-0.39, 0.29) is 11.7 Å². The van der Waals surface area contributed by atoms with Crippen LogP contribution in [-0.4, -0.2) is 13.1 Å². The van der Waals surface area contributed by atoms with Gasteiger partial charge in [0, 0.05) is 0 Å². The largest absolute Gasteiger partial charge is 0.509 e. The van der Waals surface area contributed by atoms with Gasteiger partial charge in [-0.2, -0.15) is 0 Å². The summed E-state index contributed by atoms with van der Waals surface area (Å²) in [6.45, 7) is -1.22. The van der Waals surface area contributed by atoms with E-state index >= 15 is 0 Å². The Morgan fingerprint density at radius 1 is 1.11 bits per heavy atom. The van der Waals surface area contributed by atoms with Crippen LogP contribution in [0.15, 0.2) is 18.2 Å². The fraction of sp³-hybridized carbons (Fsp3) is 0.571. The molecule has 0 bridgehead atoms. The van der Waals surface area contributed by atoms with Crippen LogP contribution in [0.5, 0.6) is 5.75 Å². The van der Waals surface area contributed by atoms with Crippen LogP contribution in [0.3, 0.4) is 0 Å². The van der Waals surface area contributed by atoms with E-state index in [0.29, 0.717) is 5.75 Å². The van der Waals surface area contributed by atoms with Crippen molar-refractivity contribution in [1.82, 2.24) is 0 Å². The van der Waals surface area contributed by atoms with E-state index in [0.717, 1.165) is 37.7 Å². The highest BCUT2D eigenvalue weighted by Crippen LogP contribution is 2.27. The van der Waals surface area contributed by atoms with E-state index in [2.05, 4.69) is 6.92 Å². The van der Waals surface area contributed by atoms with Gasteiger partial charge in [0.2, 0.25) is 0 Å². The summed E-state index contributed by atoms with van der Waals surface area (Å²) < 4.78 is 43.9. The summed E-state index contributed by atoms with van der Waals surface area (Å²) in [4.78, 5) is 0. The van der Waals surface area contributed by atoms with E-state index in [1.54, 1.807) is 0 Å². The van der Waals surface area contributed by atoms with Crippen molar-refractivity contribution >= 4 is 12.4 Å². The summed E-state index contributed by atoms with van der Waals surface area (Å²) >= 11 is 0. The normalized spacial score (nSPS) is 24.3. The van der Waals surface area contributed by atoms with Crippen LogP contribution >= 0.6 is 0 Å². The van der Waals surface area contributed by atoms with E-state index in [9.17, 15) is 12.9 Å². The first kappa shape index (κ1) is 14.3. The molecule has 0 N–H and O–H groups in total. The van der Waals surface area contributed by atoms with Gasteiger partial charge in [0.1, 0.15) is 5.75 Å². The van der Waals surface area contributed by atoms with Crippen molar-refractivity contribution in [3.8, 4) is 5.75 Å². The fourth-order valence-electron chi connectivity index (χ4n) is 2.63. The number of hydrogen-bond acceptors (Lipinski definition) is 1. The lowest BCUT2D eigenvalue weighted by Gasteiger charge is -2.27. The molecular formula is C14H19BF3O-. The molecule has 0 radical (unpaired) electrons. The predicted octanol–water partition coefficient (Wildman–Crippen LogP) is 4.01. The number of ether oxygens (including phenoxy) is 1. The molecule has 106 valence electrons. The SMILES string of the molecule is Cc1cc(OC2CCC(C)CC2)ccc1[B-](F)(F)F. The van der Waals surface area contributed by atoms with Gasteiger partial charge in [-0.15, -0.1) is 5.46 Å². The van der Waals surface area contributed by atoms with Gasteiger partial charge in [-0.1, -0.05) is 18.6 Å². The Labute approximate surface area is 112 Å².